The van der Waals surface area contributed by atoms with E-state index < -0.39 is 5.97 Å². The van der Waals surface area contributed by atoms with Crippen molar-refractivity contribution in [3.05, 3.63) is 49.0 Å². The maximum absolute atomic E-state index is 12.3. The van der Waals surface area contributed by atoms with Crippen LogP contribution < -0.4 is 5.56 Å². The third-order valence-electron chi connectivity index (χ3n) is 3.23. The minimum atomic E-state index is -0.414. The summed E-state index contributed by atoms with van der Waals surface area (Å²) < 4.78 is 5.02. The van der Waals surface area contributed by atoms with Crippen LogP contribution >= 0.6 is 22.7 Å². The number of hydrogen-bond donors (Lipinski definition) is 1. The summed E-state index contributed by atoms with van der Waals surface area (Å²) in [6.07, 6.45) is 3.65. The molecule has 23 heavy (non-hydrogen) atoms. The fourth-order valence-corrected chi connectivity index (χ4v) is 3.88. The lowest BCUT2D eigenvalue weighted by molar-refractivity contribution is 0.0531. The molecule has 0 aliphatic heterocycles. The lowest BCUT2D eigenvalue weighted by atomic mass is 10.2. The Labute approximate surface area is 140 Å². The normalized spacial score (nSPS) is 11.4. The van der Waals surface area contributed by atoms with E-state index >= 15 is 0 Å². The van der Waals surface area contributed by atoms with Gasteiger partial charge in [0.15, 0.2) is 0 Å². The number of fused-ring (bicyclic) bond motifs is 1. The van der Waals surface area contributed by atoms with Crippen molar-refractivity contribution in [1.82, 2.24) is 9.97 Å². The van der Waals surface area contributed by atoms with E-state index in [9.17, 15) is 9.59 Å². The van der Waals surface area contributed by atoms with Crippen LogP contribution in [-0.4, -0.2) is 22.5 Å². The van der Waals surface area contributed by atoms with Crippen LogP contribution in [0.1, 0.15) is 32.9 Å². The molecule has 0 unspecified atom stereocenters. The predicted molar refractivity (Wildman–Crippen MR) is 94.2 cm³/mol. The predicted octanol–water partition coefficient (Wildman–Crippen LogP) is 3.70. The zero-order chi connectivity index (χ0) is 16.4. The van der Waals surface area contributed by atoms with E-state index in [4.69, 9.17) is 4.74 Å². The molecule has 0 radical (unpaired) electrons. The Bertz CT molecular complexity index is 936. The number of nitrogens with one attached hydrogen (secondary N) is 1. The number of aryl methyl sites for hydroxylation is 1. The molecule has 0 saturated carbocycles. The lowest BCUT2D eigenvalue weighted by Crippen LogP contribution is -2.10. The van der Waals surface area contributed by atoms with E-state index in [-0.39, 0.29) is 5.56 Å². The molecule has 3 aromatic heterocycles. The van der Waals surface area contributed by atoms with Gasteiger partial charge in [-0.25, -0.2) is 9.78 Å². The highest BCUT2D eigenvalue weighted by molar-refractivity contribution is 7.20. The van der Waals surface area contributed by atoms with Gasteiger partial charge in [-0.2, -0.15) is 0 Å². The maximum Gasteiger partial charge on any atom is 0.348 e. The Hall–Kier alpha value is -2.25. The summed E-state index contributed by atoms with van der Waals surface area (Å²) in [6, 6.07) is 3.93. The molecule has 0 aliphatic rings. The molecule has 0 atom stereocenters. The summed E-state index contributed by atoms with van der Waals surface area (Å²) in [7, 11) is 0. The molecule has 0 saturated heterocycles. The number of esters is 1. The van der Waals surface area contributed by atoms with Crippen molar-refractivity contribution in [3.8, 4) is 0 Å². The van der Waals surface area contributed by atoms with Crippen LogP contribution in [0.4, 0.5) is 0 Å². The van der Waals surface area contributed by atoms with Crippen molar-refractivity contribution in [2.24, 2.45) is 0 Å². The highest BCUT2D eigenvalue weighted by Crippen LogP contribution is 2.27. The number of H-pyrrole nitrogens is 1. The first-order chi connectivity index (χ1) is 11.1. The van der Waals surface area contributed by atoms with Crippen LogP contribution in [0.3, 0.4) is 0 Å². The minimum absolute atomic E-state index is 0.245. The monoisotopic (exact) mass is 346 g/mol. The van der Waals surface area contributed by atoms with Crippen LogP contribution in [-0.2, 0) is 4.74 Å². The fourth-order valence-electron chi connectivity index (χ4n) is 2.18. The smallest absolute Gasteiger partial charge is 0.348 e. The molecule has 3 heterocycles. The van der Waals surface area contributed by atoms with E-state index in [1.165, 1.54) is 11.3 Å². The van der Waals surface area contributed by atoms with Crippen molar-refractivity contribution >= 4 is 51.0 Å². The Morgan fingerprint density at radius 3 is 2.96 bits per heavy atom. The highest BCUT2D eigenvalue weighted by Gasteiger charge is 2.19. The second-order valence-electron chi connectivity index (χ2n) is 4.76. The van der Waals surface area contributed by atoms with Crippen LogP contribution in [0.25, 0.3) is 22.4 Å². The van der Waals surface area contributed by atoms with Gasteiger partial charge >= 0.3 is 5.97 Å². The van der Waals surface area contributed by atoms with Crippen molar-refractivity contribution in [2.45, 2.75) is 13.8 Å². The Kier molecular flexibility index (Phi) is 4.40. The van der Waals surface area contributed by atoms with E-state index in [1.807, 2.05) is 23.6 Å². The van der Waals surface area contributed by atoms with E-state index in [1.54, 1.807) is 31.3 Å². The first kappa shape index (κ1) is 15.6. The molecule has 1 N–H and O–H groups in total. The van der Waals surface area contributed by atoms with Gasteiger partial charge in [-0.15, -0.1) is 22.7 Å². The molecule has 0 aliphatic carbocycles. The SMILES string of the molecule is CCOC(=O)c1sc2nc(/C=C/c3cccs3)[nH]c(=O)c2c1C. The molecular formula is C16H14N2O3S2. The average molecular weight is 346 g/mol. The molecule has 3 aromatic rings. The second-order valence-corrected chi connectivity index (χ2v) is 6.74. The van der Waals surface area contributed by atoms with Crippen molar-refractivity contribution in [1.29, 1.82) is 0 Å². The van der Waals surface area contributed by atoms with Crippen LogP contribution in [0, 0.1) is 6.92 Å². The highest BCUT2D eigenvalue weighted by atomic mass is 32.1. The van der Waals surface area contributed by atoms with Gasteiger partial charge < -0.3 is 9.72 Å². The molecule has 5 nitrogen and oxygen atoms in total. The second kappa shape index (κ2) is 6.47. The van der Waals surface area contributed by atoms with Crippen LogP contribution in [0.2, 0.25) is 0 Å². The average Bonchev–Trinajstić information content (AvgIpc) is 3.13. The van der Waals surface area contributed by atoms with Gasteiger partial charge in [0.2, 0.25) is 0 Å². The molecule has 3 rings (SSSR count). The van der Waals surface area contributed by atoms with Gasteiger partial charge in [0.25, 0.3) is 5.56 Å². The van der Waals surface area contributed by atoms with Gasteiger partial charge in [-0.3, -0.25) is 4.79 Å². The Morgan fingerprint density at radius 2 is 2.26 bits per heavy atom. The van der Waals surface area contributed by atoms with Gasteiger partial charge in [-0.05, 0) is 43.0 Å². The van der Waals surface area contributed by atoms with Gasteiger partial charge in [0.1, 0.15) is 15.5 Å². The van der Waals surface area contributed by atoms with E-state index in [0.717, 1.165) is 4.88 Å². The van der Waals surface area contributed by atoms with Crippen molar-refractivity contribution in [2.75, 3.05) is 6.61 Å². The minimum Gasteiger partial charge on any atom is -0.462 e. The number of nitrogens with zero attached hydrogens (tertiary/aromatic N) is 1. The third-order valence-corrected chi connectivity index (χ3v) is 5.23. The Morgan fingerprint density at radius 1 is 1.43 bits per heavy atom. The first-order valence-corrected chi connectivity index (χ1v) is 8.72. The van der Waals surface area contributed by atoms with Crippen LogP contribution in [0.15, 0.2) is 22.3 Å². The van der Waals surface area contributed by atoms with Gasteiger partial charge in [0, 0.05) is 4.88 Å². The maximum atomic E-state index is 12.3. The summed E-state index contributed by atoms with van der Waals surface area (Å²) >= 11 is 2.79. The quantitative estimate of drug-likeness (QED) is 0.731. The van der Waals surface area contributed by atoms with Crippen LogP contribution in [0.5, 0.6) is 0 Å². The summed E-state index contributed by atoms with van der Waals surface area (Å²) in [5.41, 5.74) is 0.371. The largest absolute Gasteiger partial charge is 0.462 e. The molecule has 0 spiro atoms. The van der Waals surface area contributed by atoms with Gasteiger partial charge in [0.05, 0.1) is 12.0 Å². The molecule has 0 fully saturated rings. The third kappa shape index (κ3) is 3.11. The number of ether oxygens (including phenoxy) is 1. The molecule has 118 valence electrons. The summed E-state index contributed by atoms with van der Waals surface area (Å²) in [5, 5.41) is 2.43. The van der Waals surface area contributed by atoms with E-state index in [2.05, 4.69) is 9.97 Å². The molecule has 0 aromatic carbocycles. The zero-order valence-electron chi connectivity index (χ0n) is 12.6. The van der Waals surface area contributed by atoms with Gasteiger partial charge in [-0.1, -0.05) is 6.07 Å². The number of aromatic amines is 1. The zero-order valence-corrected chi connectivity index (χ0v) is 14.2. The van der Waals surface area contributed by atoms with Crippen molar-refractivity contribution < 1.29 is 9.53 Å². The number of carbonyl (C=O) groups is 1. The topological polar surface area (TPSA) is 72.0 Å². The van der Waals surface area contributed by atoms with E-state index in [0.29, 0.717) is 33.1 Å². The summed E-state index contributed by atoms with van der Waals surface area (Å²) in [5.74, 6) is 0.0515. The summed E-state index contributed by atoms with van der Waals surface area (Å²) in [6.45, 7) is 3.79. The number of thiophene rings is 2. The molecule has 0 amide bonds. The first-order valence-electron chi connectivity index (χ1n) is 7.02. The standard InChI is InChI=1S/C16H14N2O3S2/c1-3-21-16(20)13-9(2)12-14(19)17-11(18-15(12)23-13)7-6-10-5-4-8-22-10/h4-8H,3H2,1-2H3,(H,17,18,19)/b7-6+. The number of hydrogen-bond acceptors (Lipinski definition) is 6. The summed E-state index contributed by atoms with van der Waals surface area (Å²) in [4.78, 5) is 33.5. The van der Waals surface area contributed by atoms with Crippen molar-refractivity contribution in [3.63, 3.8) is 0 Å². The molecule has 7 heteroatoms. The fraction of sp³-hybridized carbons (Fsp3) is 0.188. The number of aromatic nitrogens is 2. The number of rotatable bonds is 4. The molecule has 0 bridgehead atoms. The Balaban J connectivity index is 2.04. The lowest BCUT2D eigenvalue weighted by Gasteiger charge is -1.98. The number of carbonyl (C=O) groups excluding carboxylic acids is 1. The molecular weight excluding hydrogens is 332 g/mol.